The minimum absolute atomic E-state index is 0.320. The van der Waals surface area contributed by atoms with E-state index < -0.39 is 0 Å². The van der Waals surface area contributed by atoms with Crippen molar-refractivity contribution in [2.45, 2.75) is 62.8 Å². The van der Waals surface area contributed by atoms with E-state index in [1.165, 1.54) is 4.90 Å². The number of ether oxygens (including phenoxy) is 1. The molecular formula is C22H38N4OS. The Morgan fingerprint density at radius 1 is 1.21 bits per heavy atom. The van der Waals surface area contributed by atoms with Crippen molar-refractivity contribution < 1.29 is 4.74 Å². The van der Waals surface area contributed by atoms with Crippen LogP contribution in [0.4, 0.5) is 0 Å². The third kappa shape index (κ3) is 9.30. The van der Waals surface area contributed by atoms with Crippen molar-refractivity contribution >= 4 is 17.7 Å². The SMILES string of the molecule is CCNC(=NCC(C)Sc1ccccc1)NC1CCN(CCOC(C)C)CC1. The number of guanidine groups is 1. The minimum atomic E-state index is 0.320. The second-order valence-corrected chi connectivity index (χ2v) is 9.15. The molecule has 0 aromatic heterocycles. The molecule has 6 heteroatoms. The first-order chi connectivity index (χ1) is 13.6. The second kappa shape index (κ2) is 13.1. The minimum Gasteiger partial charge on any atom is -0.377 e. The first-order valence-electron chi connectivity index (χ1n) is 10.7. The quantitative estimate of drug-likeness (QED) is 0.353. The zero-order chi connectivity index (χ0) is 20.2. The molecule has 0 saturated carbocycles. The molecule has 1 heterocycles. The average Bonchev–Trinajstić information content (AvgIpc) is 2.68. The maximum absolute atomic E-state index is 5.68. The lowest BCUT2D eigenvalue weighted by Crippen LogP contribution is -2.49. The molecule has 0 spiro atoms. The van der Waals surface area contributed by atoms with E-state index in [0.717, 1.165) is 58.1 Å². The smallest absolute Gasteiger partial charge is 0.191 e. The lowest BCUT2D eigenvalue weighted by molar-refractivity contribution is 0.0532. The Labute approximate surface area is 175 Å². The average molecular weight is 407 g/mol. The highest BCUT2D eigenvalue weighted by molar-refractivity contribution is 8.00. The summed E-state index contributed by atoms with van der Waals surface area (Å²) in [7, 11) is 0. The Hall–Kier alpha value is -1.24. The number of nitrogens with zero attached hydrogens (tertiary/aromatic N) is 2. The van der Waals surface area contributed by atoms with Gasteiger partial charge in [-0.15, -0.1) is 11.8 Å². The van der Waals surface area contributed by atoms with Crippen LogP contribution in [-0.2, 0) is 4.74 Å². The molecule has 2 N–H and O–H groups in total. The summed E-state index contributed by atoms with van der Waals surface area (Å²) in [5.74, 6) is 0.949. The molecular weight excluding hydrogens is 368 g/mol. The topological polar surface area (TPSA) is 48.9 Å². The number of thioether (sulfide) groups is 1. The molecule has 158 valence electrons. The van der Waals surface area contributed by atoms with Crippen molar-refractivity contribution in [2.24, 2.45) is 4.99 Å². The highest BCUT2D eigenvalue weighted by Crippen LogP contribution is 2.22. The maximum atomic E-state index is 5.68. The van der Waals surface area contributed by atoms with Gasteiger partial charge in [0, 0.05) is 42.4 Å². The fraction of sp³-hybridized carbons (Fsp3) is 0.682. The van der Waals surface area contributed by atoms with Crippen molar-refractivity contribution in [3.63, 3.8) is 0 Å². The lowest BCUT2D eigenvalue weighted by Gasteiger charge is -2.33. The summed E-state index contributed by atoms with van der Waals surface area (Å²) >= 11 is 1.88. The van der Waals surface area contributed by atoms with Crippen LogP contribution in [0.15, 0.2) is 40.2 Å². The van der Waals surface area contributed by atoms with Crippen LogP contribution in [0, 0.1) is 0 Å². The molecule has 1 aromatic carbocycles. The predicted octanol–water partition coefficient (Wildman–Crippen LogP) is 3.61. The number of benzene rings is 1. The van der Waals surface area contributed by atoms with Crippen LogP contribution >= 0.6 is 11.8 Å². The Kier molecular flexibility index (Phi) is 10.8. The summed E-state index contributed by atoms with van der Waals surface area (Å²) in [6.07, 6.45) is 2.63. The summed E-state index contributed by atoms with van der Waals surface area (Å²) in [4.78, 5) is 8.64. The highest BCUT2D eigenvalue weighted by Gasteiger charge is 2.20. The Bertz CT molecular complexity index is 559. The van der Waals surface area contributed by atoms with Crippen LogP contribution in [-0.4, -0.2) is 67.6 Å². The molecule has 1 aliphatic heterocycles. The molecule has 1 aliphatic rings. The van der Waals surface area contributed by atoms with Crippen LogP contribution in [0.5, 0.6) is 0 Å². The Morgan fingerprint density at radius 3 is 2.57 bits per heavy atom. The molecule has 2 rings (SSSR count). The van der Waals surface area contributed by atoms with Crippen molar-refractivity contribution in [1.29, 1.82) is 0 Å². The number of hydrogen-bond donors (Lipinski definition) is 2. The fourth-order valence-electron chi connectivity index (χ4n) is 3.22. The van der Waals surface area contributed by atoms with Gasteiger partial charge in [0.15, 0.2) is 5.96 Å². The third-order valence-electron chi connectivity index (χ3n) is 4.72. The largest absolute Gasteiger partial charge is 0.377 e. The zero-order valence-corrected chi connectivity index (χ0v) is 18.8. The summed E-state index contributed by atoms with van der Waals surface area (Å²) in [5.41, 5.74) is 0. The standard InChI is InChI=1S/C22H38N4OS/c1-5-23-22(24-17-19(4)28-21-9-7-6-8-10-21)25-20-11-13-26(14-12-20)15-16-27-18(2)3/h6-10,18-20H,5,11-17H2,1-4H3,(H2,23,24,25). The summed E-state index contributed by atoms with van der Waals surface area (Å²) in [6, 6.07) is 11.1. The van der Waals surface area contributed by atoms with E-state index in [-0.39, 0.29) is 0 Å². The molecule has 0 bridgehead atoms. The molecule has 5 nitrogen and oxygen atoms in total. The van der Waals surface area contributed by atoms with Gasteiger partial charge in [-0.1, -0.05) is 25.1 Å². The maximum Gasteiger partial charge on any atom is 0.191 e. The van der Waals surface area contributed by atoms with Crippen molar-refractivity contribution in [3.05, 3.63) is 30.3 Å². The van der Waals surface area contributed by atoms with Gasteiger partial charge in [-0.3, -0.25) is 4.99 Å². The molecule has 1 unspecified atom stereocenters. The van der Waals surface area contributed by atoms with Gasteiger partial charge in [-0.2, -0.15) is 0 Å². The van der Waals surface area contributed by atoms with Crippen LogP contribution in [0.25, 0.3) is 0 Å². The van der Waals surface area contributed by atoms with Crippen LogP contribution in [0.2, 0.25) is 0 Å². The van der Waals surface area contributed by atoms with E-state index in [4.69, 9.17) is 9.73 Å². The molecule has 1 aromatic rings. The normalized spacial score (nSPS) is 17.7. The van der Waals surface area contributed by atoms with E-state index in [0.29, 0.717) is 17.4 Å². The first kappa shape index (κ1) is 23.0. The van der Waals surface area contributed by atoms with Crippen LogP contribution < -0.4 is 10.6 Å². The summed E-state index contributed by atoms with van der Waals surface area (Å²) < 4.78 is 5.68. The van der Waals surface area contributed by atoms with Gasteiger partial charge in [-0.05, 0) is 45.7 Å². The lowest BCUT2D eigenvalue weighted by atomic mass is 10.1. The number of likely N-dealkylation sites (tertiary alicyclic amines) is 1. The molecule has 1 fully saturated rings. The van der Waals surface area contributed by atoms with Crippen LogP contribution in [0.1, 0.15) is 40.5 Å². The van der Waals surface area contributed by atoms with Crippen LogP contribution in [0.3, 0.4) is 0 Å². The summed E-state index contributed by atoms with van der Waals surface area (Å²) in [6.45, 7) is 14.4. The van der Waals surface area contributed by atoms with Gasteiger partial charge in [-0.25, -0.2) is 0 Å². The van der Waals surface area contributed by atoms with Gasteiger partial charge >= 0.3 is 0 Å². The number of rotatable bonds is 10. The van der Waals surface area contributed by atoms with Crippen molar-refractivity contribution in [2.75, 3.05) is 39.3 Å². The van der Waals surface area contributed by atoms with Gasteiger partial charge in [0.2, 0.25) is 0 Å². The second-order valence-electron chi connectivity index (χ2n) is 7.64. The van der Waals surface area contributed by atoms with E-state index in [2.05, 4.69) is 73.6 Å². The number of hydrogen-bond acceptors (Lipinski definition) is 4. The molecule has 0 aliphatic carbocycles. The predicted molar refractivity (Wildman–Crippen MR) is 121 cm³/mol. The Morgan fingerprint density at radius 2 is 1.93 bits per heavy atom. The van der Waals surface area contributed by atoms with E-state index in [1.54, 1.807) is 0 Å². The van der Waals surface area contributed by atoms with E-state index in [1.807, 2.05) is 11.8 Å². The number of aliphatic imine (C=N–C) groups is 1. The number of piperidine rings is 1. The molecule has 1 atom stereocenters. The highest BCUT2D eigenvalue weighted by atomic mass is 32.2. The first-order valence-corrected chi connectivity index (χ1v) is 11.5. The summed E-state index contributed by atoms with van der Waals surface area (Å²) in [5, 5.41) is 7.49. The van der Waals surface area contributed by atoms with Gasteiger partial charge in [0.1, 0.15) is 0 Å². The van der Waals surface area contributed by atoms with Gasteiger partial charge in [0.25, 0.3) is 0 Å². The fourth-order valence-corrected chi connectivity index (χ4v) is 4.15. The van der Waals surface area contributed by atoms with Gasteiger partial charge < -0.3 is 20.3 Å². The molecule has 28 heavy (non-hydrogen) atoms. The monoisotopic (exact) mass is 406 g/mol. The van der Waals surface area contributed by atoms with E-state index in [9.17, 15) is 0 Å². The van der Waals surface area contributed by atoms with E-state index >= 15 is 0 Å². The third-order valence-corrected chi connectivity index (χ3v) is 5.81. The van der Waals surface area contributed by atoms with Crippen molar-refractivity contribution in [3.8, 4) is 0 Å². The molecule has 0 amide bonds. The Balaban J connectivity index is 1.73. The van der Waals surface area contributed by atoms with Crippen molar-refractivity contribution in [1.82, 2.24) is 15.5 Å². The number of nitrogens with one attached hydrogen (secondary N) is 2. The van der Waals surface area contributed by atoms with Gasteiger partial charge in [0.05, 0.1) is 19.3 Å². The molecule has 0 radical (unpaired) electrons. The molecule has 1 saturated heterocycles. The zero-order valence-electron chi connectivity index (χ0n) is 18.0.